The second-order valence-electron chi connectivity index (χ2n) is 5.44. The van der Waals surface area contributed by atoms with Crippen LogP contribution in [0.15, 0.2) is 24.3 Å². The van der Waals surface area contributed by atoms with Gasteiger partial charge in [0.1, 0.15) is 0 Å². The summed E-state index contributed by atoms with van der Waals surface area (Å²) in [7, 11) is 0. The number of carbonyl (C=O) groups excluding carboxylic acids is 1. The fraction of sp³-hybridized carbons (Fsp3) is 0.533. The summed E-state index contributed by atoms with van der Waals surface area (Å²) < 4.78 is 5.68. The molecule has 2 unspecified atom stereocenters. The second kappa shape index (κ2) is 6.72. The molecule has 1 amide bonds. The van der Waals surface area contributed by atoms with Crippen molar-refractivity contribution >= 4 is 17.3 Å². The number of benzene rings is 1. The monoisotopic (exact) mass is 277 g/mol. The second-order valence-corrected chi connectivity index (χ2v) is 5.44. The van der Waals surface area contributed by atoms with Crippen LogP contribution in [0.3, 0.4) is 0 Å². The molecular weight excluding hydrogens is 254 g/mol. The number of rotatable bonds is 4. The molecule has 0 bridgehead atoms. The summed E-state index contributed by atoms with van der Waals surface area (Å²) in [6.45, 7) is 6.66. The average Bonchev–Trinajstić information content (AvgIpc) is 2.35. The first-order valence-electron chi connectivity index (χ1n) is 7.06. The average molecular weight is 277 g/mol. The molecule has 1 aliphatic heterocycles. The molecular formula is C15H23N3O2. The minimum absolute atomic E-state index is 0.0161. The van der Waals surface area contributed by atoms with Crippen molar-refractivity contribution in [2.45, 2.75) is 32.5 Å². The van der Waals surface area contributed by atoms with E-state index in [0.717, 1.165) is 25.3 Å². The van der Waals surface area contributed by atoms with Crippen LogP contribution < -0.4 is 11.1 Å². The summed E-state index contributed by atoms with van der Waals surface area (Å²) in [4.78, 5) is 14.2. The molecule has 1 saturated heterocycles. The molecule has 0 aromatic heterocycles. The third-order valence-electron chi connectivity index (χ3n) is 3.32. The van der Waals surface area contributed by atoms with Crippen molar-refractivity contribution < 1.29 is 9.53 Å². The van der Waals surface area contributed by atoms with E-state index in [1.165, 1.54) is 0 Å². The lowest BCUT2D eigenvalue weighted by atomic mass is 10.2. The summed E-state index contributed by atoms with van der Waals surface area (Å²) in [6.07, 6.45) is 0.945. The third-order valence-corrected chi connectivity index (χ3v) is 3.32. The molecule has 20 heavy (non-hydrogen) atoms. The number of nitrogens with one attached hydrogen (secondary N) is 1. The predicted octanol–water partition coefficient (Wildman–Crippen LogP) is 1.71. The van der Waals surface area contributed by atoms with Gasteiger partial charge in [-0.1, -0.05) is 6.07 Å². The number of nitrogen functional groups attached to an aromatic ring is 1. The van der Waals surface area contributed by atoms with Crippen LogP contribution >= 0.6 is 0 Å². The summed E-state index contributed by atoms with van der Waals surface area (Å²) in [5.74, 6) is 0.0161. The lowest BCUT2D eigenvalue weighted by Gasteiger charge is -2.35. The number of hydrogen-bond donors (Lipinski definition) is 2. The molecule has 2 atom stereocenters. The van der Waals surface area contributed by atoms with Gasteiger partial charge in [0.15, 0.2) is 0 Å². The van der Waals surface area contributed by atoms with E-state index in [1.807, 2.05) is 12.1 Å². The van der Waals surface area contributed by atoms with E-state index in [0.29, 0.717) is 12.1 Å². The SMILES string of the molecule is CC1CN(CCC(=O)Nc2cccc(N)c2)CC(C)O1. The van der Waals surface area contributed by atoms with Crippen molar-refractivity contribution in [1.29, 1.82) is 0 Å². The number of ether oxygens (including phenoxy) is 1. The Kier molecular flexibility index (Phi) is 4.98. The molecule has 5 nitrogen and oxygen atoms in total. The van der Waals surface area contributed by atoms with Gasteiger partial charge in [0.25, 0.3) is 0 Å². The van der Waals surface area contributed by atoms with Crippen LogP contribution in [0.4, 0.5) is 11.4 Å². The van der Waals surface area contributed by atoms with Crippen molar-refractivity contribution in [1.82, 2.24) is 4.90 Å². The van der Waals surface area contributed by atoms with Gasteiger partial charge in [-0.15, -0.1) is 0 Å². The summed E-state index contributed by atoms with van der Waals surface area (Å²) in [6, 6.07) is 7.23. The Balaban J connectivity index is 1.77. The predicted molar refractivity (Wildman–Crippen MR) is 80.6 cm³/mol. The van der Waals surface area contributed by atoms with Crippen LogP contribution in [0.25, 0.3) is 0 Å². The summed E-state index contributed by atoms with van der Waals surface area (Å²) >= 11 is 0. The van der Waals surface area contributed by atoms with Crippen LogP contribution in [-0.2, 0) is 9.53 Å². The van der Waals surface area contributed by atoms with E-state index in [2.05, 4.69) is 24.1 Å². The molecule has 1 aromatic rings. The number of nitrogens with two attached hydrogens (primary N) is 1. The van der Waals surface area contributed by atoms with E-state index in [4.69, 9.17) is 10.5 Å². The minimum atomic E-state index is 0.0161. The normalized spacial score (nSPS) is 23.5. The summed E-state index contributed by atoms with van der Waals surface area (Å²) in [5.41, 5.74) is 7.08. The highest BCUT2D eigenvalue weighted by atomic mass is 16.5. The molecule has 3 N–H and O–H groups in total. The van der Waals surface area contributed by atoms with Gasteiger partial charge >= 0.3 is 0 Å². The Hall–Kier alpha value is -1.59. The van der Waals surface area contributed by atoms with Gasteiger partial charge in [-0.05, 0) is 32.0 Å². The fourth-order valence-electron chi connectivity index (χ4n) is 2.57. The van der Waals surface area contributed by atoms with E-state index >= 15 is 0 Å². The lowest BCUT2D eigenvalue weighted by molar-refractivity contribution is -0.117. The van der Waals surface area contributed by atoms with Gasteiger partial charge in [0, 0.05) is 37.4 Å². The Morgan fingerprint density at radius 3 is 2.75 bits per heavy atom. The molecule has 0 aliphatic carbocycles. The fourth-order valence-corrected chi connectivity index (χ4v) is 2.57. The number of nitrogens with zero attached hydrogens (tertiary/aromatic N) is 1. The Morgan fingerprint density at radius 1 is 1.40 bits per heavy atom. The highest BCUT2D eigenvalue weighted by Gasteiger charge is 2.22. The van der Waals surface area contributed by atoms with Gasteiger partial charge in [0.05, 0.1) is 12.2 Å². The zero-order valence-electron chi connectivity index (χ0n) is 12.1. The maximum Gasteiger partial charge on any atom is 0.225 e. The molecule has 0 spiro atoms. The number of hydrogen-bond acceptors (Lipinski definition) is 4. The molecule has 1 aliphatic rings. The van der Waals surface area contributed by atoms with Gasteiger partial charge in [0.2, 0.25) is 5.91 Å². The van der Waals surface area contributed by atoms with Crippen LogP contribution in [0.2, 0.25) is 0 Å². The van der Waals surface area contributed by atoms with Crippen molar-refractivity contribution in [3.8, 4) is 0 Å². The maximum absolute atomic E-state index is 11.9. The van der Waals surface area contributed by atoms with Gasteiger partial charge in [-0.25, -0.2) is 0 Å². The number of morpholine rings is 1. The first kappa shape index (κ1) is 14.8. The van der Waals surface area contributed by atoms with Crippen molar-refractivity contribution in [3.63, 3.8) is 0 Å². The van der Waals surface area contributed by atoms with Crippen molar-refractivity contribution in [2.75, 3.05) is 30.7 Å². The van der Waals surface area contributed by atoms with Crippen LogP contribution in [-0.4, -0.2) is 42.6 Å². The van der Waals surface area contributed by atoms with Crippen molar-refractivity contribution in [2.24, 2.45) is 0 Å². The molecule has 2 rings (SSSR count). The maximum atomic E-state index is 11.9. The highest BCUT2D eigenvalue weighted by molar-refractivity contribution is 5.91. The smallest absolute Gasteiger partial charge is 0.225 e. The van der Waals surface area contributed by atoms with Crippen LogP contribution in [0.1, 0.15) is 20.3 Å². The quantitative estimate of drug-likeness (QED) is 0.822. The largest absolute Gasteiger partial charge is 0.399 e. The molecule has 1 aromatic carbocycles. The minimum Gasteiger partial charge on any atom is -0.399 e. The number of amides is 1. The highest BCUT2D eigenvalue weighted by Crippen LogP contribution is 2.13. The van der Waals surface area contributed by atoms with Crippen LogP contribution in [0, 0.1) is 0 Å². The zero-order valence-corrected chi connectivity index (χ0v) is 12.1. The Morgan fingerprint density at radius 2 is 2.10 bits per heavy atom. The van der Waals surface area contributed by atoms with Crippen LogP contribution in [0.5, 0.6) is 0 Å². The Bertz CT molecular complexity index is 454. The molecule has 1 fully saturated rings. The zero-order chi connectivity index (χ0) is 14.5. The number of carbonyl (C=O) groups is 1. The molecule has 5 heteroatoms. The topological polar surface area (TPSA) is 67.6 Å². The lowest BCUT2D eigenvalue weighted by Crippen LogP contribution is -2.46. The number of anilines is 2. The standard InChI is InChI=1S/C15H23N3O2/c1-11-9-18(10-12(2)20-11)7-6-15(19)17-14-5-3-4-13(16)8-14/h3-5,8,11-12H,6-7,9-10,16H2,1-2H3,(H,17,19). The van der Waals surface area contributed by atoms with E-state index in [1.54, 1.807) is 12.1 Å². The van der Waals surface area contributed by atoms with Gasteiger partial charge < -0.3 is 15.8 Å². The van der Waals surface area contributed by atoms with E-state index in [-0.39, 0.29) is 18.1 Å². The molecule has 110 valence electrons. The first-order valence-corrected chi connectivity index (χ1v) is 7.06. The first-order chi connectivity index (χ1) is 9.52. The molecule has 0 saturated carbocycles. The summed E-state index contributed by atoms with van der Waals surface area (Å²) in [5, 5.41) is 2.87. The van der Waals surface area contributed by atoms with Crippen molar-refractivity contribution in [3.05, 3.63) is 24.3 Å². The van der Waals surface area contributed by atoms with Gasteiger partial charge in [-0.2, -0.15) is 0 Å². The molecule has 0 radical (unpaired) electrons. The van der Waals surface area contributed by atoms with E-state index < -0.39 is 0 Å². The van der Waals surface area contributed by atoms with Gasteiger partial charge in [-0.3, -0.25) is 9.69 Å². The molecule has 1 heterocycles. The van der Waals surface area contributed by atoms with E-state index in [9.17, 15) is 4.79 Å². The third kappa shape index (κ3) is 4.51. The Labute approximate surface area is 120 Å².